The van der Waals surface area contributed by atoms with Crippen molar-refractivity contribution in [2.24, 2.45) is 5.73 Å². The van der Waals surface area contributed by atoms with E-state index in [2.05, 4.69) is 30.9 Å². The Hall–Kier alpha value is -4.23. The van der Waals surface area contributed by atoms with Crippen LogP contribution in [-0.4, -0.2) is 79.1 Å². The summed E-state index contributed by atoms with van der Waals surface area (Å²) < 4.78 is 0. The number of carboxylic acids is 1. The number of aliphatic hydroxyl groups is 1. The molecule has 9 N–H and O–H groups in total. The van der Waals surface area contributed by atoms with Gasteiger partial charge in [0.25, 0.3) is 0 Å². The number of carboxylic acid groups (broad SMARTS) is 1. The van der Waals surface area contributed by atoms with Crippen LogP contribution in [0.4, 0.5) is 0 Å². The number of nitrogens with zero attached hydrogens (tertiary/aromatic N) is 1. The highest BCUT2D eigenvalue weighted by molar-refractivity contribution is 5.95. The quantitative estimate of drug-likeness (QED) is 0.149. The molecule has 13 nitrogen and oxygen atoms in total. The maximum absolute atomic E-state index is 13.4. The number of rotatable bonds is 12. The van der Waals surface area contributed by atoms with Gasteiger partial charge in [0.1, 0.15) is 24.2 Å². The number of hydrogen-bond acceptors (Lipinski definition) is 7. The number of aromatic amines is 2. The molecule has 2 aromatic heterocycles. The molecule has 3 amide bonds. The molecule has 0 aliphatic heterocycles. The molecule has 0 spiro atoms. The predicted molar refractivity (Wildman–Crippen MR) is 133 cm³/mol. The Bertz CT molecular complexity index is 1240. The van der Waals surface area contributed by atoms with Gasteiger partial charge in [0, 0.05) is 41.8 Å². The molecule has 0 aliphatic rings. The van der Waals surface area contributed by atoms with Gasteiger partial charge in [0.2, 0.25) is 17.7 Å². The van der Waals surface area contributed by atoms with Crippen molar-refractivity contribution in [1.82, 2.24) is 30.9 Å². The summed E-state index contributed by atoms with van der Waals surface area (Å²) in [6.45, 7) is 2.65. The summed E-state index contributed by atoms with van der Waals surface area (Å²) in [6, 6.07) is 2.61. The van der Waals surface area contributed by atoms with Gasteiger partial charge in [-0.1, -0.05) is 18.2 Å². The molecule has 198 valence electrons. The van der Waals surface area contributed by atoms with Gasteiger partial charge in [-0.25, -0.2) is 4.98 Å². The van der Waals surface area contributed by atoms with E-state index in [1.807, 2.05) is 24.3 Å². The minimum atomic E-state index is -1.28. The van der Waals surface area contributed by atoms with Gasteiger partial charge in [0.05, 0.1) is 12.4 Å². The van der Waals surface area contributed by atoms with Crippen LogP contribution in [0.2, 0.25) is 0 Å². The van der Waals surface area contributed by atoms with Gasteiger partial charge in [-0.05, 0) is 25.5 Å². The van der Waals surface area contributed by atoms with Crippen LogP contribution in [0.1, 0.15) is 25.1 Å². The van der Waals surface area contributed by atoms with Crippen molar-refractivity contribution in [3.8, 4) is 0 Å². The lowest BCUT2D eigenvalue weighted by Gasteiger charge is -2.25. The first-order valence-corrected chi connectivity index (χ1v) is 11.7. The Labute approximate surface area is 212 Å². The molecular weight excluding hydrogens is 482 g/mol. The zero-order valence-corrected chi connectivity index (χ0v) is 20.4. The fourth-order valence-electron chi connectivity index (χ4n) is 3.69. The predicted octanol–water partition coefficient (Wildman–Crippen LogP) is -1.06. The molecule has 13 heteroatoms. The molecule has 0 bridgehead atoms. The number of H-pyrrole nitrogens is 2. The zero-order valence-electron chi connectivity index (χ0n) is 20.4. The average molecular weight is 514 g/mol. The van der Waals surface area contributed by atoms with E-state index in [1.54, 1.807) is 6.20 Å². The summed E-state index contributed by atoms with van der Waals surface area (Å²) in [4.78, 5) is 60.0. The number of nitrogens with two attached hydrogens (primary N) is 1. The van der Waals surface area contributed by atoms with Crippen LogP contribution in [0.15, 0.2) is 43.0 Å². The van der Waals surface area contributed by atoms with Crippen LogP contribution in [0.5, 0.6) is 0 Å². The number of aliphatic carboxylic acids is 1. The third-order valence-electron chi connectivity index (χ3n) is 5.90. The number of carbonyl (C=O) groups excluding carboxylic acids is 3. The normalized spacial score (nSPS) is 15.2. The Kier molecular flexibility index (Phi) is 8.98. The summed E-state index contributed by atoms with van der Waals surface area (Å²) in [7, 11) is 0. The highest BCUT2D eigenvalue weighted by Crippen LogP contribution is 2.19. The van der Waals surface area contributed by atoms with E-state index in [9.17, 15) is 24.3 Å². The molecule has 0 fully saturated rings. The first kappa shape index (κ1) is 27.4. The van der Waals surface area contributed by atoms with Crippen molar-refractivity contribution >= 4 is 34.6 Å². The number of imidazole rings is 1. The number of para-hydroxylation sites is 1. The van der Waals surface area contributed by atoms with Crippen molar-refractivity contribution in [1.29, 1.82) is 0 Å². The third-order valence-corrected chi connectivity index (χ3v) is 5.90. The first-order valence-electron chi connectivity index (χ1n) is 11.7. The van der Waals surface area contributed by atoms with E-state index < -0.39 is 54.0 Å². The van der Waals surface area contributed by atoms with Gasteiger partial charge in [-0.3, -0.25) is 19.2 Å². The Morgan fingerprint density at radius 2 is 1.62 bits per heavy atom. The van der Waals surface area contributed by atoms with Crippen molar-refractivity contribution in [2.75, 3.05) is 0 Å². The highest BCUT2D eigenvalue weighted by atomic mass is 16.4. The second-order valence-corrected chi connectivity index (χ2v) is 8.80. The van der Waals surface area contributed by atoms with E-state index in [4.69, 9.17) is 10.8 Å². The fraction of sp³-hybridized carbons (Fsp3) is 0.375. The molecule has 37 heavy (non-hydrogen) atoms. The minimum absolute atomic E-state index is 0.00908. The zero-order chi connectivity index (χ0) is 27.1. The molecule has 0 aliphatic carbocycles. The number of amides is 3. The monoisotopic (exact) mass is 513 g/mol. The number of aliphatic hydroxyl groups excluding tert-OH is 1. The molecule has 1 aromatic carbocycles. The smallest absolute Gasteiger partial charge is 0.325 e. The lowest BCUT2D eigenvalue weighted by Crippen LogP contribution is -2.58. The lowest BCUT2D eigenvalue weighted by atomic mass is 10.0. The van der Waals surface area contributed by atoms with Gasteiger partial charge in [-0.15, -0.1) is 0 Å². The molecule has 0 saturated heterocycles. The Balaban J connectivity index is 1.86. The van der Waals surface area contributed by atoms with Gasteiger partial charge in [-0.2, -0.15) is 0 Å². The van der Waals surface area contributed by atoms with E-state index in [0.29, 0.717) is 5.69 Å². The van der Waals surface area contributed by atoms with Crippen molar-refractivity contribution in [2.45, 2.75) is 57.0 Å². The summed E-state index contributed by atoms with van der Waals surface area (Å²) in [5, 5.41) is 27.3. The van der Waals surface area contributed by atoms with Gasteiger partial charge >= 0.3 is 5.97 Å². The maximum Gasteiger partial charge on any atom is 0.325 e. The van der Waals surface area contributed by atoms with Gasteiger partial charge < -0.3 is 41.9 Å². The van der Waals surface area contributed by atoms with Crippen LogP contribution in [0, 0.1) is 0 Å². The van der Waals surface area contributed by atoms with E-state index in [-0.39, 0.29) is 12.8 Å². The van der Waals surface area contributed by atoms with Crippen LogP contribution in [0.25, 0.3) is 10.9 Å². The van der Waals surface area contributed by atoms with Crippen molar-refractivity contribution < 1.29 is 29.4 Å². The minimum Gasteiger partial charge on any atom is -0.480 e. The van der Waals surface area contributed by atoms with E-state index >= 15 is 0 Å². The SMILES string of the molecule is CC(NC(=O)C(Cc1cnc[nH]1)NC(=O)C(Cc1c[nH]c2ccccc12)NC(=O)C(N)C(C)O)C(=O)O. The van der Waals surface area contributed by atoms with Crippen LogP contribution < -0.4 is 21.7 Å². The fourth-order valence-corrected chi connectivity index (χ4v) is 3.69. The van der Waals surface area contributed by atoms with Crippen molar-refractivity contribution in [3.63, 3.8) is 0 Å². The maximum atomic E-state index is 13.4. The highest BCUT2D eigenvalue weighted by Gasteiger charge is 2.31. The van der Waals surface area contributed by atoms with E-state index in [0.717, 1.165) is 16.5 Å². The number of hydrogen-bond donors (Lipinski definition) is 8. The van der Waals surface area contributed by atoms with Crippen LogP contribution in [0.3, 0.4) is 0 Å². The second-order valence-electron chi connectivity index (χ2n) is 8.80. The second kappa shape index (κ2) is 12.1. The average Bonchev–Trinajstić information content (AvgIpc) is 3.52. The largest absolute Gasteiger partial charge is 0.480 e. The molecule has 5 atom stereocenters. The Morgan fingerprint density at radius 1 is 0.973 bits per heavy atom. The summed E-state index contributed by atoms with van der Waals surface area (Å²) in [5.74, 6) is -3.41. The molecule has 2 heterocycles. The third kappa shape index (κ3) is 7.15. The van der Waals surface area contributed by atoms with Crippen LogP contribution in [-0.2, 0) is 32.0 Å². The topological polar surface area (TPSA) is 215 Å². The summed E-state index contributed by atoms with van der Waals surface area (Å²) >= 11 is 0. The molecule has 3 rings (SSSR count). The number of benzene rings is 1. The molecule has 0 saturated carbocycles. The molecular formula is C24H31N7O6. The Morgan fingerprint density at radius 3 is 2.27 bits per heavy atom. The number of fused-ring (bicyclic) bond motifs is 1. The molecule has 0 radical (unpaired) electrons. The van der Waals surface area contributed by atoms with Gasteiger partial charge in [0.15, 0.2) is 0 Å². The summed E-state index contributed by atoms with van der Waals surface area (Å²) in [6.07, 6.45) is 3.48. The molecule has 3 aromatic rings. The van der Waals surface area contributed by atoms with E-state index in [1.165, 1.54) is 26.4 Å². The van der Waals surface area contributed by atoms with Crippen LogP contribution >= 0.6 is 0 Å². The number of aromatic nitrogens is 3. The summed E-state index contributed by atoms with van der Waals surface area (Å²) in [5.41, 5.74) is 7.86. The number of nitrogens with one attached hydrogen (secondary N) is 5. The lowest BCUT2D eigenvalue weighted by molar-refractivity contribution is -0.141. The molecule has 5 unspecified atom stereocenters. The first-order chi connectivity index (χ1) is 17.6. The standard InChI is InChI=1S/C24H31N7O6/c1-12(24(36)37)29-21(33)19(8-15-10-26-11-28-15)30-22(34)18(31-23(35)20(25)13(2)32)7-14-9-27-17-6-4-3-5-16(14)17/h3-6,9-13,18-20,27,32H,7-8,25H2,1-2H3,(H,26,28)(H,29,33)(H,30,34)(H,31,35)(H,36,37). The van der Waals surface area contributed by atoms with Crippen molar-refractivity contribution in [3.05, 3.63) is 54.2 Å². The number of carbonyl (C=O) groups is 4.